The van der Waals surface area contributed by atoms with Crippen molar-refractivity contribution in [2.75, 3.05) is 7.11 Å². The third kappa shape index (κ3) is 4.99. The molecule has 8 heteroatoms. The van der Waals surface area contributed by atoms with E-state index in [1.807, 2.05) is 13.8 Å². The van der Waals surface area contributed by atoms with E-state index in [9.17, 15) is 9.59 Å². The lowest BCUT2D eigenvalue weighted by atomic mass is 9.81. The van der Waals surface area contributed by atoms with Gasteiger partial charge in [-0.2, -0.15) is 0 Å². The Morgan fingerprint density at radius 3 is 2.61 bits per heavy atom. The first kappa shape index (κ1) is 20.6. The molecule has 5 nitrogen and oxygen atoms in total. The molecule has 1 rings (SSSR count). The topological polar surface area (TPSA) is 67.4 Å². The Labute approximate surface area is 152 Å². The number of nitrogens with one attached hydrogen (secondary N) is 2. The summed E-state index contributed by atoms with van der Waals surface area (Å²) in [6.07, 6.45) is 3.48. The number of halogens is 3. The van der Waals surface area contributed by atoms with Crippen molar-refractivity contribution < 1.29 is 14.3 Å². The van der Waals surface area contributed by atoms with Crippen LogP contribution in [0.4, 0.5) is 0 Å². The van der Waals surface area contributed by atoms with Crippen molar-refractivity contribution in [1.82, 2.24) is 10.6 Å². The molecule has 0 saturated carbocycles. The summed E-state index contributed by atoms with van der Waals surface area (Å²) in [4.78, 5) is 24.0. The van der Waals surface area contributed by atoms with Crippen LogP contribution < -0.4 is 10.6 Å². The molecule has 0 radical (unpaired) electrons. The number of alkyl halides is 3. The minimum Gasteiger partial charge on any atom is -0.376 e. The molecule has 132 valence electrons. The highest BCUT2D eigenvalue weighted by Crippen LogP contribution is 2.33. The number of hydrogen-bond acceptors (Lipinski definition) is 3. The molecule has 1 fully saturated rings. The third-order valence-electron chi connectivity index (χ3n) is 4.29. The van der Waals surface area contributed by atoms with E-state index in [0.717, 1.165) is 6.42 Å². The first-order valence-corrected chi connectivity index (χ1v) is 8.57. The highest BCUT2D eigenvalue weighted by molar-refractivity contribution is 6.76. The van der Waals surface area contributed by atoms with Gasteiger partial charge in [0.1, 0.15) is 0 Å². The quantitative estimate of drug-likeness (QED) is 0.523. The van der Waals surface area contributed by atoms with Crippen LogP contribution in [-0.2, 0) is 14.3 Å². The molecule has 4 atom stereocenters. The first-order valence-electron chi connectivity index (χ1n) is 7.43. The molecule has 1 saturated heterocycles. The number of carbonyl (C=O) groups is 2. The third-order valence-corrected chi connectivity index (χ3v) is 4.80. The molecule has 0 spiro atoms. The zero-order valence-corrected chi connectivity index (χ0v) is 15.8. The van der Waals surface area contributed by atoms with Crippen molar-refractivity contribution in [2.45, 2.75) is 54.6 Å². The second kappa shape index (κ2) is 8.06. The fraction of sp³-hybridized carbons (Fsp3) is 0.733. The van der Waals surface area contributed by atoms with Crippen LogP contribution in [0.2, 0.25) is 0 Å². The summed E-state index contributed by atoms with van der Waals surface area (Å²) in [5, 5.41) is 5.61. The molecule has 1 aliphatic heterocycles. The molecule has 0 aliphatic carbocycles. The molecule has 0 aromatic rings. The summed E-state index contributed by atoms with van der Waals surface area (Å²) in [5.41, 5.74) is -0.732. The zero-order valence-electron chi connectivity index (χ0n) is 13.5. The Morgan fingerprint density at radius 1 is 1.57 bits per heavy atom. The maximum atomic E-state index is 12.2. The lowest BCUT2D eigenvalue weighted by molar-refractivity contribution is -0.126. The SMILES string of the molecule is C=C[C@@H]1CC(=O)N[C@H]1[C@@H](NC(=O)C(Cl)(Cl)Cl)[C@](C)(CCC)OC. The van der Waals surface area contributed by atoms with E-state index < -0.39 is 21.3 Å². The second-order valence-electron chi connectivity index (χ2n) is 5.91. The van der Waals surface area contributed by atoms with Gasteiger partial charge < -0.3 is 15.4 Å². The van der Waals surface area contributed by atoms with Crippen molar-refractivity contribution in [3.63, 3.8) is 0 Å². The van der Waals surface area contributed by atoms with E-state index in [2.05, 4.69) is 17.2 Å². The Morgan fingerprint density at radius 2 is 2.17 bits per heavy atom. The number of carbonyl (C=O) groups excluding carboxylic acids is 2. The Balaban J connectivity index is 3.17. The summed E-state index contributed by atoms with van der Waals surface area (Å²) in [5.74, 6) is -1.01. The predicted molar refractivity (Wildman–Crippen MR) is 92.8 cm³/mol. The summed E-state index contributed by atoms with van der Waals surface area (Å²) in [6.45, 7) is 7.64. The monoisotopic (exact) mass is 384 g/mol. The van der Waals surface area contributed by atoms with Gasteiger partial charge in [-0.3, -0.25) is 9.59 Å². The average molecular weight is 386 g/mol. The van der Waals surface area contributed by atoms with Crippen molar-refractivity contribution in [3.8, 4) is 0 Å². The fourth-order valence-corrected chi connectivity index (χ4v) is 3.14. The van der Waals surface area contributed by atoms with E-state index in [0.29, 0.717) is 12.8 Å². The van der Waals surface area contributed by atoms with E-state index in [1.54, 1.807) is 13.2 Å². The number of ether oxygens (including phenoxy) is 1. The van der Waals surface area contributed by atoms with Crippen molar-refractivity contribution in [2.24, 2.45) is 5.92 Å². The highest BCUT2D eigenvalue weighted by atomic mass is 35.6. The van der Waals surface area contributed by atoms with Gasteiger partial charge in [-0.1, -0.05) is 54.2 Å². The van der Waals surface area contributed by atoms with Gasteiger partial charge in [0.2, 0.25) is 5.91 Å². The van der Waals surface area contributed by atoms with Crippen molar-refractivity contribution >= 4 is 46.6 Å². The molecule has 0 aromatic heterocycles. The Kier molecular flexibility index (Phi) is 7.20. The van der Waals surface area contributed by atoms with Crippen molar-refractivity contribution in [3.05, 3.63) is 12.7 Å². The smallest absolute Gasteiger partial charge is 0.272 e. The van der Waals surface area contributed by atoms with Gasteiger partial charge in [0.15, 0.2) is 0 Å². The lowest BCUT2D eigenvalue weighted by Crippen LogP contribution is -2.63. The number of hydrogen-bond donors (Lipinski definition) is 2. The second-order valence-corrected chi connectivity index (χ2v) is 8.19. The number of rotatable bonds is 7. The van der Waals surface area contributed by atoms with Gasteiger partial charge in [0.05, 0.1) is 17.7 Å². The average Bonchev–Trinajstić information content (AvgIpc) is 2.84. The van der Waals surface area contributed by atoms with Crippen LogP contribution >= 0.6 is 34.8 Å². The van der Waals surface area contributed by atoms with Gasteiger partial charge in [-0.05, 0) is 13.3 Å². The predicted octanol–water partition coefficient (Wildman–Crippen LogP) is 2.74. The molecule has 23 heavy (non-hydrogen) atoms. The summed E-state index contributed by atoms with van der Waals surface area (Å²) >= 11 is 17.0. The Hall–Kier alpha value is -0.490. The van der Waals surface area contributed by atoms with Gasteiger partial charge >= 0.3 is 0 Å². The molecular formula is C15H23Cl3N2O3. The summed E-state index contributed by atoms with van der Waals surface area (Å²) < 4.78 is 3.57. The fourth-order valence-electron chi connectivity index (χ4n) is 2.98. The molecule has 0 aromatic carbocycles. The van der Waals surface area contributed by atoms with Crippen LogP contribution in [0.15, 0.2) is 12.7 Å². The minimum absolute atomic E-state index is 0.108. The minimum atomic E-state index is -2.09. The molecule has 1 aliphatic rings. The maximum Gasteiger partial charge on any atom is 0.272 e. The lowest BCUT2D eigenvalue weighted by Gasteiger charge is -2.42. The van der Waals surface area contributed by atoms with E-state index in [-0.39, 0.29) is 17.9 Å². The molecule has 0 unspecified atom stereocenters. The zero-order chi connectivity index (χ0) is 17.8. The van der Waals surface area contributed by atoms with Gasteiger partial charge in [-0.25, -0.2) is 0 Å². The normalized spacial score (nSPS) is 25.4. The van der Waals surface area contributed by atoms with E-state index in [4.69, 9.17) is 39.5 Å². The van der Waals surface area contributed by atoms with Crippen molar-refractivity contribution in [1.29, 1.82) is 0 Å². The standard InChI is InChI=1S/C15H23Cl3N2O3/c1-5-7-14(3,23-4)12(20-13(22)15(16,17)18)11-9(6-2)8-10(21)19-11/h6,9,11-12H,2,5,7-8H2,1,3-4H3,(H,19,21)(H,20,22)/t9-,11-,12-,14+/m1/s1. The molecular weight excluding hydrogens is 363 g/mol. The summed E-state index contributed by atoms with van der Waals surface area (Å²) in [7, 11) is 1.56. The van der Waals surface area contributed by atoms with Crippen LogP contribution in [0.25, 0.3) is 0 Å². The van der Waals surface area contributed by atoms with Gasteiger partial charge in [0, 0.05) is 19.4 Å². The van der Waals surface area contributed by atoms with Crippen LogP contribution in [0, 0.1) is 5.92 Å². The molecule has 2 amide bonds. The van der Waals surface area contributed by atoms with E-state index >= 15 is 0 Å². The van der Waals surface area contributed by atoms with Crippen LogP contribution in [0.5, 0.6) is 0 Å². The number of amides is 2. The molecule has 0 bridgehead atoms. The number of methoxy groups -OCH3 is 1. The highest BCUT2D eigenvalue weighted by Gasteiger charge is 2.47. The van der Waals surface area contributed by atoms with Crippen LogP contribution in [0.3, 0.4) is 0 Å². The summed E-state index contributed by atoms with van der Waals surface area (Å²) in [6, 6.07) is -0.946. The largest absolute Gasteiger partial charge is 0.376 e. The molecule has 1 heterocycles. The van der Waals surface area contributed by atoms with Gasteiger partial charge in [-0.15, -0.1) is 6.58 Å². The van der Waals surface area contributed by atoms with Gasteiger partial charge in [0.25, 0.3) is 9.70 Å². The Bertz CT molecular complexity index is 467. The van der Waals surface area contributed by atoms with E-state index in [1.165, 1.54) is 0 Å². The van der Waals surface area contributed by atoms with Crippen LogP contribution in [-0.4, -0.2) is 40.4 Å². The molecule has 2 N–H and O–H groups in total. The van der Waals surface area contributed by atoms with Crippen LogP contribution in [0.1, 0.15) is 33.1 Å². The first-order chi connectivity index (χ1) is 10.6. The maximum absolute atomic E-state index is 12.2.